The van der Waals surface area contributed by atoms with Crippen molar-refractivity contribution in [3.05, 3.63) is 293 Å². The summed E-state index contributed by atoms with van der Waals surface area (Å²) in [4.78, 5) is 4.75. The number of nitrogens with zero attached hydrogens (tertiary/aromatic N) is 2. The lowest BCUT2D eigenvalue weighted by molar-refractivity contribution is 0.429. The van der Waals surface area contributed by atoms with Crippen LogP contribution in [0.2, 0.25) is 0 Å². The van der Waals surface area contributed by atoms with Gasteiger partial charge in [0.15, 0.2) is 5.75 Å². The molecule has 8 aromatic rings. The number of hydrogen-bond donors (Lipinski definition) is 0. The summed E-state index contributed by atoms with van der Waals surface area (Å²) in [5.74, 6) is 1.55. The van der Waals surface area contributed by atoms with Crippen LogP contribution in [-0.2, 0) is 19.3 Å². The molecular formula is C69H59BN2O. The Morgan fingerprint density at radius 2 is 1.21 bits per heavy atom. The first-order valence-corrected chi connectivity index (χ1v) is 25.7. The number of para-hydroxylation sites is 4. The molecule has 12 rings (SSSR count). The van der Waals surface area contributed by atoms with Crippen LogP contribution >= 0.6 is 0 Å². The van der Waals surface area contributed by atoms with Crippen LogP contribution in [0.25, 0.3) is 17.2 Å². The highest BCUT2D eigenvalue weighted by molar-refractivity contribution is 6.97. The van der Waals surface area contributed by atoms with Gasteiger partial charge in [-0.05, 0) is 179 Å². The molecule has 73 heavy (non-hydrogen) atoms. The van der Waals surface area contributed by atoms with Gasteiger partial charge < -0.3 is 14.5 Å². The van der Waals surface area contributed by atoms with Crippen LogP contribution in [0, 0.1) is 6.92 Å². The number of rotatable bonds is 10. The third kappa shape index (κ3) is 8.85. The Labute approximate surface area is 432 Å². The van der Waals surface area contributed by atoms with Gasteiger partial charge in [-0.1, -0.05) is 189 Å². The second-order valence-corrected chi connectivity index (χ2v) is 19.0. The van der Waals surface area contributed by atoms with Crippen LogP contribution in [0.3, 0.4) is 0 Å². The molecule has 8 aromatic carbocycles. The first-order valence-electron chi connectivity index (χ1n) is 25.7. The molecule has 0 unspecified atom stereocenters. The highest BCUT2D eigenvalue weighted by Crippen LogP contribution is 2.43. The van der Waals surface area contributed by atoms with E-state index in [4.69, 9.17) is 4.74 Å². The number of fused-ring (bicyclic) bond motifs is 7. The number of benzene rings is 8. The lowest BCUT2D eigenvalue weighted by atomic mass is 9.30. The smallest absolute Gasteiger partial charge is 0.242 e. The summed E-state index contributed by atoms with van der Waals surface area (Å²) in [6, 6.07) is 62.7. The molecule has 3 nitrogen and oxygen atoms in total. The van der Waals surface area contributed by atoms with Crippen LogP contribution in [-0.4, -0.2) is 6.71 Å². The average molecular weight is 943 g/mol. The van der Waals surface area contributed by atoms with Crippen LogP contribution in [0.15, 0.2) is 237 Å². The predicted octanol–water partition coefficient (Wildman–Crippen LogP) is 15.9. The minimum absolute atomic E-state index is 0.0648. The normalized spacial score (nSPS) is 14.5. The van der Waals surface area contributed by atoms with Gasteiger partial charge in [0.25, 0.3) is 0 Å². The molecule has 0 radical (unpaired) electrons. The summed E-state index contributed by atoms with van der Waals surface area (Å²) in [6.07, 6.45) is 21.5. The zero-order valence-electron chi connectivity index (χ0n) is 42.3. The van der Waals surface area contributed by atoms with Crippen molar-refractivity contribution in [1.82, 2.24) is 0 Å². The molecule has 4 aliphatic rings. The molecule has 0 saturated heterocycles. The highest BCUT2D eigenvalue weighted by atomic mass is 16.5. The topological polar surface area (TPSA) is 15.7 Å². The SMILES string of the molecule is C=C/C=C(\C)Oc1ccccc1N(c1ccccc1)c1ccc2c(c1)Cc1cc(C3=CC=Cc4cccc3c4C)cc3c1B2c1ccc(N(c2ccccc2)c2ccc4c(c2)C(=C)/C=C\C=C/C4)cc1C3.CC. The molecule has 0 N–H and O–H groups in total. The second-order valence-electron chi connectivity index (χ2n) is 19.0. The van der Waals surface area contributed by atoms with Gasteiger partial charge in [0.1, 0.15) is 5.76 Å². The number of hydrogen-bond acceptors (Lipinski definition) is 3. The van der Waals surface area contributed by atoms with Gasteiger partial charge in [-0.15, -0.1) is 0 Å². The summed E-state index contributed by atoms with van der Waals surface area (Å²) in [5, 5.41) is 0. The Balaban J connectivity index is 0.00000284. The summed E-state index contributed by atoms with van der Waals surface area (Å²) in [6.45, 7) is 16.7. The Morgan fingerprint density at radius 1 is 0.575 bits per heavy atom. The van der Waals surface area contributed by atoms with Crippen LogP contribution in [0.1, 0.15) is 76.4 Å². The fraction of sp³-hybridized carbons (Fsp3) is 0.101. The largest absolute Gasteiger partial charge is 0.460 e. The van der Waals surface area contributed by atoms with Crippen molar-refractivity contribution in [1.29, 1.82) is 0 Å². The standard InChI is InChI=1S/C67H53BN2O.C2H6/c1-5-19-46(3)71-66-31-16-15-30-65(66)70(56-26-13-8-14-27-56)58-35-37-64-52(43-58)41-54-39-50(61-29-18-23-48-22-17-28-60(61)47(48)4)38-53-40-51-42-57(34-36-63(51)68(64)67(53)54)69(55-24-11-7-12-25-55)59-33-32-49-21-10-6-9-20-45(2)62(49)44-59;1-2/h5-20,22-39,42-44H,1-2,21,40-41H2,3-4H3;1-2H3/b10-6-,20-9-,46-19+;. The van der Waals surface area contributed by atoms with Gasteiger partial charge in [-0.25, -0.2) is 0 Å². The Morgan fingerprint density at radius 3 is 1.90 bits per heavy atom. The molecule has 354 valence electrons. The molecule has 0 saturated carbocycles. The number of anilines is 6. The molecule has 0 amide bonds. The lowest BCUT2D eigenvalue weighted by Crippen LogP contribution is -2.61. The van der Waals surface area contributed by atoms with Crippen LogP contribution in [0.5, 0.6) is 5.75 Å². The van der Waals surface area contributed by atoms with Crippen molar-refractivity contribution in [3.8, 4) is 5.75 Å². The van der Waals surface area contributed by atoms with E-state index in [9.17, 15) is 0 Å². The maximum absolute atomic E-state index is 6.51. The zero-order valence-corrected chi connectivity index (χ0v) is 42.3. The predicted molar refractivity (Wildman–Crippen MR) is 313 cm³/mol. The fourth-order valence-electron chi connectivity index (χ4n) is 11.4. The Bertz CT molecular complexity index is 3610. The Kier molecular flexibility index (Phi) is 13.0. The molecule has 4 heteroatoms. The minimum atomic E-state index is 0.0648. The highest BCUT2D eigenvalue weighted by Gasteiger charge is 2.38. The minimum Gasteiger partial charge on any atom is -0.460 e. The monoisotopic (exact) mass is 942 g/mol. The third-order valence-electron chi connectivity index (χ3n) is 14.6. The van der Waals surface area contributed by atoms with Gasteiger partial charge in [0, 0.05) is 28.4 Å². The third-order valence-corrected chi connectivity index (χ3v) is 14.6. The summed E-state index contributed by atoms with van der Waals surface area (Å²) >= 11 is 0. The molecular weight excluding hydrogens is 884 g/mol. The maximum atomic E-state index is 6.51. The van der Waals surface area contributed by atoms with E-state index < -0.39 is 0 Å². The van der Waals surface area contributed by atoms with Gasteiger partial charge in [-0.2, -0.15) is 0 Å². The van der Waals surface area contributed by atoms with E-state index >= 15 is 0 Å². The first-order chi connectivity index (χ1) is 35.9. The van der Waals surface area contributed by atoms with Crippen molar-refractivity contribution < 1.29 is 4.74 Å². The van der Waals surface area contributed by atoms with Crippen molar-refractivity contribution in [3.63, 3.8) is 0 Å². The molecule has 0 spiro atoms. The van der Waals surface area contributed by atoms with Gasteiger partial charge >= 0.3 is 0 Å². The summed E-state index contributed by atoms with van der Waals surface area (Å²) in [7, 11) is 0. The Hall–Kier alpha value is -8.60. The zero-order chi connectivity index (χ0) is 50.0. The average Bonchev–Trinajstić information content (AvgIpc) is 3.48. The van der Waals surface area contributed by atoms with Crippen molar-refractivity contribution in [2.75, 3.05) is 9.80 Å². The van der Waals surface area contributed by atoms with E-state index in [1.807, 2.05) is 39.0 Å². The quantitative estimate of drug-likeness (QED) is 0.0772. The van der Waals surface area contributed by atoms with Crippen molar-refractivity contribution in [2.45, 2.75) is 47.0 Å². The molecule has 2 heterocycles. The van der Waals surface area contributed by atoms with E-state index in [-0.39, 0.29) is 6.71 Å². The molecule has 0 fully saturated rings. The van der Waals surface area contributed by atoms with E-state index in [0.717, 1.165) is 70.5 Å². The van der Waals surface area contributed by atoms with E-state index in [2.05, 4.69) is 230 Å². The number of ether oxygens (including phenoxy) is 1. The number of allylic oxidation sites excluding steroid dienone is 10. The molecule has 2 aliphatic heterocycles. The molecule has 2 bridgehead atoms. The van der Waals surface area contributed by atoms with Gasteiger partial charge in [-0.3, -0.25) is 0 Å². The van der Waals surface area contributed by atoms with Gasteiger partial charge in [0.2, 0.25) is 6.71 Å². The fourth-order valence-corrected chi connectivity index (χ4v) is 11.4. The van der Waals surface area contributed by atoms with Crippen LogP contribution in [0.4, 0.5) is 34.1 Å². The van der Waals surface area contributed by atoms with Crippen LogP contribution < -0.4 is 30.9 Å². The maximum Gasteiger partial charge on any atom is 0.242 e. The summed E-state index contributed by atoms with van der Waals surface area (Å²) in [5.41, 5.74) is 26.0. The van der Waals surface area contributed by atoms with E-state index in [1.165, 1.54) is 77.6 Å². The first kappa shape index (κ1) is 46.8. The molecule has 0 atom stereocenters. The second kappa shape index (κ2) is 20.3. The van der Waals surface area contributed by atoms with Crippen molar-refractivity contribution >= 4 is 74.4 Å². The molecule has 0 aromatic heterocycles. The van der Waals surface area contributed by atoms with Crippen molar-refractivity contribution in [2.24, 2.45) is 0 Å². The van der Waals surface area contributed by atoms with E-state index in [1.54, 1.807) is 6.08 Å². The van der Waals surface area contributed by atoms with Gasteiger partial charge in [0.05, 0.1) is 5.69 Å². The van der Waals surface area contributed by atoms with E-state index in [0.29, 0.717) is 0 Å². The molecule has 2 aliphatic carbocycles. The lowest BCUT2D eigenvalue weighted by Gasteiger charge is -2.36. The summed E-state index contributed by atoms with van der Waals surface area (Å²) < 4.78 is 6.51.